The molecule has 0 N–H and O–H groups in total. The van der Waals surface area contributed by atoms with Gasteiger partial charge in [-0.1, -0.05) is 41.9 Å². The minimum atomic E-state index is -6.78. The summed E-state index contributed by atoms with van der Waals surface area (Å²) in [6, 6.07) is 8.72. The van der Waals surface area contributed by atoms with Crippen LogP contribution < -0.4 is 0 Å². The van der Waals surface area contributed by atoms with Crippen molar-refractivity contribution in [3.05, 3.63) is 59.1 Å². The fourth-order valence-electron chi connectivity index (χ4n) is 2.23. The van der Waals surface area contributed by atoms with Gasteiger partial charge >= 0.3 is 23.9 Å². The van der Waals surface area contributed by atoms with Gasteiger partial charge in [-0.3, -0.25) is 0 Å². The van der Waals surface area contributed by atoms with Crippen LogP contribution in [-0.4, -0.2) is 18.3 Å². The average molecular weight is 406 g/mol. The van der Waals surface area contributed by atoms with E-state index in [1.165, 1.54) is 24.3 Å². The van der Waals surface area contributed by atoms with Crippen molar-refractivity contribution in [3.8, 4) is 11.1 Å². The fraction of sp³-hybridized carbons (Fsp3) is 0.250. The predicted molar refractivity (Wildman–Crippen MR) is 75.6 cm³/mol. The number of hydrogen-bond donors (Lipinski definition) is 0. The first kappa shape index (κ1) is 20.4. The van der Waals surface area contributed by atoms with E-state index in [2.05, 4.69) is 6.07 Å². The van der Waals surface area contributed by atoms with Crippen LogP contribution in [0.15, 0.2) is 42.5 Å². The summed E-state index contributed by atoms with van der Waals surface area (Å²) in [5.74, 6) is -6.72. The standard InChI is InChI=1S/C16H7ClF9/c17-12-7-2-1-6-11(12)9-4-3-5-10(8-9)13(18,15(21,22)23)14(19,20)16(24,25)26/h1-3,5-8H. The molecule has 0 heterocycles. The van der Waals surface area contributed by atoms with Gasteiger partial charge in [0.25, 0.3) is 0 Å². The van der Waals surface area contributed by atoms with Gasteiger partial charge in [0, 0.05) is 16.1 Å². The van der Waals surface area contributed by atoms with Crippen molar-refractivity contribution in [1.82, 2.24) is 0 Å². The Hall–Kier alpha value is -1.90. The molecule has 2 aromatic carbocycles. The summed E-state index contributed by atoms with van der Waals surface area (Å²) in [6.07, 6.45) is -13.3. The molecule has 0 aliphatic carbocycles. The zero-order valence-electron chi connectivity index (χ0n) is 12.3. The molecule has 0 nitrogen and oxygen atoms in total. The predicted octanol–water partition coefficient (Wildman–Crippen LogP) is 6.73. The molecule has 0 fully saturated rings. The Kier molecular flexibility index (Phi) is 5.00. The van der Waals surface area contributed by atoms with Crippen LogP contribution in [0, 0.1) is 6.07 Å². The molecule has 1 radical (unpaired) electrons. The van der Waals surface area contributed by atoms with Crippen LogP contribution in [0.5, 0.6) is 0 Å². The van der Waals surface area contributed by atoms with Gasteiger partial charge in [-0.05, 0) is 23.8 Å². The fourth-order valence-corrected chi connectivity index (χ4v) is 2.47. The maximum absolute atomic E-state index is 14.5. The van der Waals surface area contributed by atoms with Gasteiger partial charge in [0.2, 0.25) is 0 Å². The van der Waals surface area contributed by atoms with E-state index in [9.17, 15) is 39.5 Å². The molecule has 26 heavy (non-hydrogen) atoms. The largest absolute Gasteiger partial charge is 0.457 e. The number of rotatable bonds is 3. The van der Waals surface area contributed by atoms with Gasteiger partial charge in [0.15, 0.2) is 0 Å². The zero-order valence-corrected chi connectivity index (χ0v) is 13.1. The molecule has 2 rings (SSSR count). The third kappa shape index (κ3) is 3.13. The number of benzene rings is 2. The van der Waals surface area contributed by atoms with Crippen molar-refractivity contribution in [2.24, 2.45) is 0 Å². The lowest BCUT2D eigenvalue weighted by Crippen LogP contribution is -2.59. The second-order valence-electron chi connectivity index (χ2n) is 5.20. The highest BCUT2D eigenvalue weighted by atomic mass is 35.5. The summed E-state index contributed by atoms with van der Waals surface area (Å²) >= 11 is 5.81. The van der Waals surface area contributed by atoms with Crippen LogP contribution in [0.4, 0.5) is 39.5 Å². The second-order valence-corrected chi connectivity index (χ2v) is 5.61. The van der Waals surface area contributed by atoms with Crippen LogP contribution in [0.1, 0.15) is 5.56 Å². The summed E-state index contributed by atoms with van der Waals surface area (Å²) in [5, 5.41) is -0.0417. The maximum Gasteiger partial charge on any atom is 0.457 e. The first-order chi connectivity index (χ1) is 11.7. The minimum Gasteiger partial charge on any atom is -0.221 e. The molecular formula is C16H7ClF9. The molecule has 0 aliphatic rings. The minimum absolute atomic E-state index is 0.0177. The Morgan fingerprint density at radius 2 is 1.35 bits per heavy atom. The monoisotopic (exact) mass is 405 g/mol. The van der Waals surface area contributed by atoms with E-state index in [1.54, 1.807) is 0 Å². The Bertz CT molecular complexity index is 795. The van der Waals surface area contributed by atoms with E-state index >= 15 is 0 Å². The molecule has 141 valence electrons. The zero-order chi connectivity index (χ0) is 20.0. The lowest BCUT2D eigenvalue weighted by Gasteiger charge is -2.36. The molecule has 10 heteroatoms. The van der Waals surface area contributed by atoms with Crippen LogP contribution in [0.25, 0.3) is 11.1 Å². The van der Waals surface area contributed by atoms with E-state index in [-0.39, 0.29) is 28.3 Å². The van der Waals surface area contributed by atoms with E-state index in [1.807, 2.05) is 0 Å². The van der Waals surface area contributed by atoms with E-state index < -0.39 is 29.5 Å². The quantitative estimate of drug-likeness (QED) is 0.497. The third-order valence-electron chi connectivity index (χ3n) is 3.54. The summed E-state index contributed by atoms with van der Waals surface area (Å²) < 4.78 is 118. The van der Waals surface area contributed by atoms with Gasteiger partial charge in [-0.2, -0.15) is 35.1 Å². The van der Waals surface area contributed by atoms with Gasteiger partial charge in [-0.25, -0.2) is 4.39 Å². The van der Waals surface area contributed by atoms with Crippen LogP contribution in [0.2, 0.25) is 5.02 Å². The number of hydrogen-bond acceptors (Lipinski definition) is 0. The first-order valence-corrected chi connectivity index (χ1v) is 7.08. The molecule has 0 bridgehead atoms. The van der Waals surface area contributed by atoms with Crippen LogP contribution in [0.3, 0.4) is 0 Å². The molecule has 0 spiro atoms. The van der Waals surface area contributed by atoms with Gasteiger partial charge < -0.3 is 0 Å². The van der Waals surface area contributed by atoms with Gasteiger partial charge in [-0.15, -0.1) is 0 Å². The summed E-state index contributed by atoms with van der Waals surface area (Å²) in [6.45, 7) is 0. The first-order valence-electron chi connectivity index (χ1n) is 6.71. The Labute approximate surface area is 146 Å². The second kappa shape index (κ2) is 6.37. The maximum atomic E-state index is 14.5. The van der Waals surface area contributed by atoms with Crippen molar-refractivity contribution < 1.29 is 39.5 Å². The molecule has 1 atom stereocenters. The Morgan fingerprint density at radius 1 is 0.769 bits per heavy atom. The summed E-state index contributed by atoms with van der Waals surface area (Å²) in [7, 11) is 0. The smallest absolute Gasteiger partial charge is 0.221 e. The molecule has 0 aromatic heterocycles. The lowest BCUT2D eigenvalue weighted by molar-refractivity contribution is -0.389. The Balaban J connectivity index is 2.73. The van der Waals surface area contributed by atoms with Crippen molar-refractivity contribution in [2.75, 3.05) is 0 Å². The summed E-state index contributed by atoms with van der Waals surface area (Å²) in [4.78, 5) is 0. The van der Waals surface area contributed by atoms with E-state index in [4.69, 9.17) is 11.6 Å². The highest BCUT2D eigenvalue weighted by molar-refractivity contribution is 6.33. The molecule has 2 aromatic rings. The van der Waals surface area contributed by atoms with E-state index in [0.717, 1.165) is 0 Å². The van der Waals surface area contributed by atoms with E-state index in [0.29, 0.717) is 6.07 Å². The highest BCUT2D eigenvalue weighted by Gasteiger charge is 2.81. The molecular weight excluding hydrogens is 399 g/mol. The number of alkyl halides is 9. The molecule has 0 saturated carbocycles. The van der Waals surface area contributed by atoms with Crippen molar-refractivity contribution in [1.29, 1.82) is 0 Å². The highest BCUT2D eigenvalue weighted by Crippen LogP contribution is 2.58. The van der Waals surface area contributed by atoms with Crippen molar-refractivity contribution in [3.63, 3.8) is 0 Å². The van der Waals surface area contributed by atoms with Gasteiger partial charge in [0.1, 0.15) is 0 Å². The lowest BCUT2D eigenvalue weighted by atomic mass is 9.86. The molecule has 0 amide bonds. The van der Waals surface area contributed by atoms with Gasteiger partial charge in [0.05, 0.1) is 0 Å². The van der Waals surface area contributed by atoms with Crippen molar-refractivity contribution in [2.45, 2.75) is 23.9 Å². The number of halogens is 10. The van der Waals surface area contributed by atoms with Crippen LogP contribution >= 0.6 is 11.6 Å². The normalized spacial score (nSPS) is 15.6. The molecule has 0 aliphatic heterocycles. The average Bonchev–Trinajstić information content (AvgIpc) is 2.52. The van der Waals surface area contributed by atoms with Crippen LogP contribution in [-0.2, 0) is 5.67 Å². The molecule has 0 saturated heterocycles. The summed E-state index contributed by atoms with van der Waals surface area (Å²) in [5.41, 5.74) is -8.31. The van der Waals surface area contributed by atoms with Crippen molar-refractivity contribution >= 4 is 11.6 Å². The Morgan fingerprint density at radius 3 is 1.85 bits per heavy atom. The third-order valence-corrected chi connectivity index (χ3v) is 3.87. The topological polar surface area (TPSA) is 0 Å². The molecule has 1 unspecified atom stereocenters. The SMILES string of the molecule is FC(F)(F)C(F)(F)C(F)(c1cc[c]c(-c2ccccc2Cl)c1)C(F)(F)F.